The minimum absolute atomic E-state index is 0.328. The number of hydrogen-bond donors (Lipinski definition) is 2. The van der Waals surface area contributed by atoms with Gasteiger partial charge in [0.25, 0.3) is 0 Å². The Labute approximate surface area is 101 Å². The third kappa shape index (κ3) is 3.09. The molecule has 1 heterocycles. The van der Waals surface area contributed by atoms with Crippen LogP contribution >= 0.6 is 11.6 Å². The number of halogens is 1. The van der Waals surface area contributed by atoms with Crippen molar-refractivity contribution < 1.29 is 0 Å². The van der Waals surface area contributed by atoms with Crippen molar-refractivity contribution in [3.05, 3.63) is 22.3 Å². The highest BCUT2D eigenvalue weighted by Gasteiger charge is 2.07. The van der Waals surface area contributed by atoms with Gasteiger partial charge in [-0.05, 0) is 27.0 Å². The fraction of sp³-hybridized carbons (Fsp3) is 0.455. The summed E-state index contributed by atoms with van der Waals surface area (Å²) < 4.78 is 0. The summed E-state index contributed by atoms with van der Waals surface area (Å²) in [6.45, 7) is 4.58. The first-order valence-corrected chi connectivity index (χ1v) is 5.44. The van der Waals surface area contributed by atoms with Gasteiger partial charge >= 0.3 is 0 Å². The predicted octanol–water partition coefficient (Wildman–Crippen LogP) is 1.93. The molecule has 4 nitrogen and oxygen atoms in total. The molecule has 0 aliphatic rings. The maximum absolute atomic E-state index is 8.81. The second-order valence-corrected chi connectivity index (χ2v) is 4.04. The highest BCUT2D eigenvalue weighted by Crippen LogP contribution is 2.22. The number of anilines is 1. The Morgan fingerprint density at radius 1 is 1.62 bits per heavy atom. The van der Waals surface area contributed by atoms with Crippen LogP contribution in [0.1, 0.15) is 18.2 Å². The number of likely N-dealkylation sites (N-methyl/N-ethyl adjacent to an activating group) is 1. The maximum atomic E-state index is 8.81. The molecule has 0 aliphatic heterocycles. The number of rotatable bonds is 4. The molecule has 86 valence electrons. The quantitative estimate of drug-likeness (QED) is 0.842. The molecular weight excluding hydrogens is 224 g/mol. The molecule has 0 bridgehead atoms. The lowest BCUT2D eigenvalue weighted by molar-refractivity contribution is 0.637. The van der Waals surface area contributed by atoms with Crippen molar-refractivity contribution in [2.45, 2.75) is 19.9 Å². The standard InChI is InChI=1S/C11H15ClN4/c1-7(14-3)6-15-11-10(12)4-9(5-13)8(2)16-11/h4,7,14H,6H2,1-3H3,(H,15,16). The molecule has 1 aromatic heterocycles. The molecule has 1 atom stereocenters. The van der Waals surface area contributed by atoms with Gasteiger partial charge in [-0.25, -0.2) is 4.98 Å². The average Bonchev–Trinajstić information content (AvgIpc) is 2.29. The van der Waals surface area contributed by atoms with Gasteiger partial charge in [0.05, 0.1) is 16.3 Å². The highest BCUT2D eigenvalue weighted by molar-refractivity contribution is 6.33. The van der Waals surface area contributed by atoms with Crippen LogP contribution in [0.15, 0.2) is 6.07 Å². The summed E-state index contributed by atoms with van der Waals surface area (Å²) >= 11 is 6.01. The Morgan fingerprint density at radius 3 is 2.88 bits per heavy atom. The van der Waals surface area contributed by atoms with Crippen LogP contribution in [0.3, 0.4) is 0 Å². The Hall–Kier alpha value is -1.31. The number of nitrogens with one attached hydrogen (secondary N) is 2. The summed E-state index contributed by atoms with van der Waals surface area (Å²) in [7, 11) is 1.89. The van der Waals surface area contributed by atoms with E-state index in [2.05, 4.69) is 28.6 Å². The zero-order valence-corrected chi connectivity index (χ0v) is 10.4. The fourth-order valence-electron chi connectivity index (χ4n) is 1.17. The second kappa shape index (κ2) is 5.69. The zero-order chi connectivity index (χ0) is 12.1. The first kappa shape index (κ1) is 12.8. The summed E-state index contributed by atoms with van der Waals surface area (Å²) in [5, 5.41) is 15.5. The van der Waals surface area contributed by atoms with Crippen molar-refractivity contribution in [3.63, 3.8) is 0 Å². The topological polar surface area (TPSA) is 60.7 Å². The zero-order valence-electron chi connectivity index (χ0n) is 9.63. The molecule has 0 radical (unpaired) electrons. The average molecular weight is 239 g/mol. The molecule has 1 rings (SSSR count). The van der Waals surface area contributed by atoms with Crippen molar-refractivity contribution in [1.82, 2.24) is 10.3 Å². The van der Waals surface area contributed by atoms with Gasteiger partial charge in [-0.3, -0.25) is 0 Å². The summed E-state index contributed by atoms with van der Waals surface area (Å²) in [6, 6.07) is 4.02. The monoisotopic (exact) mass is 238 g/mol. The smallest absolute Gasteiger partial charge is 0.145 e. The van der Waals surface area contributed by atoms with Crippen molar-refractivity contribution in [2.75, 3.05) is 18.9 Å². The molecule has 0 saturated carbocycles. The third-order valence-electron chi connectivity index (χ3n) is 2.36. The van der Waals surface area contributed by atoms with Crippen molar-refractivity contribution in [2.24, 2.45) is 0 Å². The van der Waals surface area contributed by atoms with E-state index in [-0.39, 0.29) is 0 Å². The van der Waals surface area contributed by atoms with Crippen molar-refractivity contribution in [3.8, 4) is 6.07 Å². The summed E-state index contributed by atoms with van der Waals surface area (Å²) in [5.74, 6) is 0.625. The van der Waals surface area contributed by atoms with Crippen LogP contribution in [-0.4, -0.2) is 24.6 Å². The maximum Gasteiger partial charge on any atom is 0.145 e. The molecule has 0 spiro atoms. The summed E-state index contributed by atoms with van der Waals surface area (Å²) in [4.78, 5) is 4.26. The normalized spacial score (nSPS) is 11.9. The molecule has 0 saturated heterocycles. The SMILES string of the molecule is CNC(C)CNc1nc(C)c(C#N)cc1Cl. The second-order valence-electron chi connectivity index (χ2n) is 3.63. The van der Waals surface area contributed by atoms with E-state index < -0.39 is 0 Å². The van der Waals surface area contributed by atoms with Gasteiger partial charge in [0.15, 0.2) is 0 Å². The molecular formula is C11H15ClN4. The van der Waals surface area contributed by atoms with Gasteiger partial charge in [-0.2, -0.15) is 5.26 Å². The Balaban J connectivity index is 2.82. The number of nitrogens with zero attached hydrogens (tertiary/aromatic N) is 2. The highest BCUT2D eigenvalue weighted by atomic mass is 35.5. The van der Waals surface area contributed by atoms with Crippen LogP contribution in [0.5, 0.6) is 0 Å². The van der Waals surface area contributed by atoms with Gasteiger partial charge in [-0.15, -0.1) is 0 Å². The van der Waals surface area contributed by atoms with Crippen LogP contribution in [0.2, 0.25) is 5.02 Å². The number of nitriles is 1. The molecule has 5 heteroatoms. The van der Waals surface area contributed by atoms with E-state index in [1.54, 1.807) is 13.0 Å². The Kier molecular flexibility index (Phi) is 4.53. The van der Waals surface area contributed by atoms with Crippen LogP contribution < -0.4 is 10.6 Å². The van der Waals surface area contributed by atoms with E-state index in [9.17, 15) is 0 Å². The molecule has 0 aromatic carbocycles. The minimum Gasteiger partial charge on any atom is -0.367 e. The van der Waals surface area contributed by atoms with Crippen LogP contribution in [0.4, 0.5) is 5.82 Å². The molecule has 1 aromatic rings. The van der Waals surface area contributed by atoms with Gasteiger partial charge < -0.3 is 10.6 Å². The van der Waals surface area contributed by atoms with Crippen LogP contribution in [0, 0.1) is 18.3 Å². The first-order valence-electron chi connectivity index (χ1n) is 5.06. The fourth-order valence-corrected chi connectivity index (χ4v) is 1.39. The largest absolute Gasteiger partial charge is 0.367 e. The summed E-state index contributed by atoms with van der Waals surface area (Å²) in [5.41, 5.74) is 1.20. The molecule has 2 N–H and O–H groups in total. The lowest BCUT2D eigenvalue weighted by Gasteiger charge is -2.13. The molecule has 16 heavy (non-hydrogen) atoms. The van der Waals surface area contributed by atoms with E-state index in [0.29, 0.717) is 28.1 Å². The predicted molar refractivity (Wildman–Crippen MR) is 65.7 cm³/mol. The number of pyridine rings is 1. The van der Waals surface area contributed by atoms with Gasteiger partial charge in [0, 0.05) is 12.6 Å². The molecule has 0 aliphatic carbocycles. The van der Waals surface area contributed by atoms with Crippen LogP contribution in [0.25, 0.3) is 0 Å². The van der Waals surface area contributed by atoms with Gasteiger partial charge in [-0.1, -0.05) is 11.6 Å². The van der Waals surface area contributed by atoms with Gasteiger partial charge in [0.2, 0.25) is 0 Å². The number of hydrogen-bond acceptors (Lipinski definition) is 4. The van der Waals surface area contributed by atoms with E-state index >= 15 is 0 Å². The van der Waals surface area contributed by atoms with Crippen molar-refractivity contribution >= 4 is 17.4 Å². The molecule has 0 amide bonds. The lowest BCUT2D eigenvalue weighted by Crippen LogP contribution is -2.29. The first-order chi connectivity index (χ1) is 7.58. The number of aryl methyl sites for hydroxylation is 1. The van der Waals surface area contributed by atoms with E-state index in [1.807, 2.05) is 7.05 Å². The van der Waals surface area contributed by atoms with E-state index in [0.717, 1.165) is 6.54 Å². The Morgan fingerprint density at radius 2 is 2.31 bits per heavy atom. The molecule has 0 fully saturated rings. The van der Waals surface area contributed by atoms with Crippen molar-refractivity contribution in [1.29, 1.82) is 5.26 Å². The Bertz CT molecular complexity index is 411. The number of aromatic nitrogens is 1. The van der Waals surface area contributed by atoms with E-state index in [1.165, 1.54) is 0 Å². The molecule has 1 unspecified atom stereocenters. The van der Waals surface area contributed by atoms with Gasteiger partial charge in [0.1, 0.15) is 11.9 Å². The van der Waals surface area contributed by atoms with E-state index in [4.69, 9.17) is 16.9 Å². The summed E-state index contributed by atoms with van der Waals surface area (Å²) in [6.07, 6.45) is 0. The van der Waals surface area contributed by atoms with Crippen LogP contribution in [-0.2, 0) is 0 Å². The minimum atomic E-state index is 0.328. The third-order valence-corrected chi connectivity index (χ3v) is 2.64. The lowest BCUT2D eigenvalue weighted by atomic mass is 10.2.